The fourth-order valence-electron chi connectivity index (χ4n) is 2.56. The zero-order chi connectivity index (χ0) is 18.7. The number of carbonyl (C=O) groups is 1. The molecule has 136 valence electrons. The molecule has 1 heterocycles. The molecule has 0 saturated heterocycles. The Kier molecular flexibility index (Phi) is 5.15. The Labute approximate surface area is 151 Å². The summed E-state index contributed by atoms with van der Waals surface area (Å²) in [6.07, 6.45) is -5.53. The number of halogens is 3. The van der Waals surface area contributed by atoms with Crippen LogP contribution in [0.25, 0.3) is 10.1 Å². The number of hydrogen-bond donors (Lipinski definition) is 3. The minimum Gasteiger partial charge on any atom is -0.387 e. The maximum absolute atomic E-state index is 12.9. The first-order chi connectivity index (χ1) is 12.4. The molecule has 0 bridgehead atoms. The number of fused-ring (bicyclic) bond motifs is 1. The van der Waals surface area contributed by atoms with Gasteiger partial charge in [0.2, 0.25) is 0 Å². The second kappa shape index (κ2) is 7.35. The first-order valence-corrected chi connectivity index (χ1v) is 8.59. The van der Waals surface area contributed by atoms with Crippen molar-refractivity contribution in [2.75, 3.05) is 11.9 Å². The Morgan fingerprint density at radius 2 is 1.81 bits per heavy atom. The van der Waals surface area contributed by atoms with Crippen LogP contribution in [0.4, 0.5) is 23.7 Å². The minimum absolute atomic E-state index is 0.124. The maximum atomic E-state index is 12.9. The van der Waals surface area contributed by atoms with Gasteiger partial charge in [0.1, 0.15) is 0 Å². The van der Waals surface area contributed by atoms with E-state index in [-0.39, 0.29) is 12.2 Å². The van der Waals surface area contributed by atoms with E-state index in [1.165, 1.54) is 29.5 Å². The molecule has 0 aliphatic carbocycles. The standard InChI is InChI=1S/C18H15F3N2O2S/c19-18(20,21)13-6-2-3-7-14(13)23-17(25)22-9-15(24)12-10-26-16-8-4-1-5-11(12)16/h1-8,10,15,24H,9H2,(H2,22,23,25)/t15-/m1/s1. The number of hydrogen-bond acceptors (Lipinski definition) is 3. The van der Waals surface area contributed by atoms with Crippen molar-refractivity contribution >= 4 is 33.1 Å². The highest BCUT2D eigenvalue weighted by Gasteiger charge is 2.33. The number of amides is 2. The van der Waals surface area contributed by atoms with Gasteiger partial charge in [-0.1, -0.05) is 30.3 Å². The number of aliphatic hydroxyl groups excluding tert-OH is 1. The molecule has 0 fully saturated rings. The van der Waals surface area contributed by atoms with Gasteiger partial charge in [0.25, 0.3) is 0 Å². The van der Waals surface area contributed by atoms with Crippen molar-refractivity contribution in [1.82, 2.24) is 5.32 Å². The number of anilines is 1. The largest absolute Gasteiger partial charge is 0.418 e. The predicted molar refractivity (Wildman–Crippen MR) is 95.3 cm³/mol. The van der Waals surface area contributed by atoms with Gasteiger partial charge < -0.3 is 15.7 Å². The monoisotopic (exact) mass is 380 g/mol. The summed E-state index contributed by atoms with van der Waals surface area (Å²) in [7, 11) is 0. The van der Waals surface area contributed by atoms with Gasteiger partial charge in [0, 0.05) is 16.8 Å². The van der Waals surface area contributed by atoms with Crippen LogP contribution in [-0.2, 0) is 6.18 Å². The van der Waals surface area contributed by atoms with E-state index in [1.807, 2.05) is 24.3 Å². The fourth-order valence-corrected chi connectivity index (χ4v) is 3.57. The Hall–Kier alpha value is -2.58. The van der Waals surface area contributed by atoms with Crippen LogP contribution in [0.3, 0.4) is 0 Å². The summed E-state index contributed by atoms with van der Waals surface area (Å²) in [6.45, 7) is -0.124. The summed E-state index contributed by atoms with van der Waals surface area (Å²) >= 11 is 1.47. The number of thiophene rings is 1. The Morgan fingerprint density at radius 3 is 2.58 bits per heavy atom. The van der Waals surface area contributed by atoms with Gasteiger partial charge in [0.15, 0.2) is 0 Å². The van der Waals surface area contributed by atoms with Gasteiger partial charge in [-0.15, -0.1) is 11.3 Å². The van der Waals surface area contributed by atoms with Crippen LogP contribution in [0.1, 0.15) is 17.2 Å². The average Bonchev–Trinajstić information content (AvgIpc) is 3.03. The molecule has 0 radical (unpaired) electrons. The van der Waals surface area contributed by atoms with E-state index in [0.29, 0.717) is 5.56 Å². The second-order valence-corrected chi connectivity index (χ2v) is 6.49. The highest BCUT2D eigenvalue weighted by atomic mass is 32.1. The van der Waals surface area contributed by atoms with E-state index in [9.17, 15) is 23.1 Å². The summed E-state index contributed by atoms with van der Waals surface area (Å²) in [5.41, 5.74) is -0.603. The quantitative estimate of drug-likeness (QED) is 0.610. The van der Waals surface area contributed by atoms with Gasteiger partial charge in [-0.25, -0.2) is 4.79 Å². The molecule has 0 spiro atoms. The number of carbonyl (C=O) groups excluding carboxylic acids is 1. The number of nitrogens with one attached hydrogen (secondary N) is 2. The van der Waals surface area contributed by atoms with Gasteiger partial charge in [0.05, 0.1) is 17.4 Å². The van der Waals surface area contributed by atoms with Crippen LogP contribution < -0.4 is 10.6 Å². The Balaban J connectivity index is 1.65. The van der Waals surface area contributed by atoms with Crippen molar-refractivity contribution in [2.45, 2.75) is 12.3 Å². The van der Waals surface area contributed by atoms with E-state index < -0.39 is 23.9 Å². The molecule has 0 aliphatic rings. The predicted octanol–water partition coefficient (Wildman–Crippen LogP) is 4.78. The molecule has 4 nitrogen and oxygen atoms in total. The molecular formula is C18H15F3N2O2S. The summed E-state index contributed by atoms with van der Waals surface area (Å²) < 4.78 is 39.8. The summed E-state index contributed by atoms with van der Waals surface area (Å²) in [6, 6.07) is 11.4. The molecule has 1 aromatic heterocycles. The van der Waals surface area contributed by atoms with Gasteiger partial charge in [-0.2, -0.15) is 13.2 Å². The van der Waals surface area contributed by atoms with Crippen molar-refractivity contribution < 1.29 is 23.1 Å². The smallest absolute Gasteiger partial charge is 0.387 e. The van der Waals surface area contributed by atoms with Crippen molar-refractivity contribution in [2.24, 2.45) is 0 Å². The highest BCUT2D eigenvalue weighted by Crippen LogP contribution is 2.34. The molecule has 1 atom stereocenters. The lowest BCUT2D eigenvalue weighted by molar-refractivity contribution is -0.136. The third-order valence-corrected chi connectivity index (χ3v) is 4.79. The number of para-hydroxylation sites is 1. The molecule has 0 saturated carbocycles. The van der Waals surface area contributed by atoms with Crippen molar-refractivity contribution in [1.29, 1.82) is 0 Å². The fraction of sp³-hybridized carbons (Fsp3) is 0.167. The van der Waals surface area contributed by atoms with Crippen LogP contribution in [0.2, 0.25) is 0 Å². The zero-order valence-corrected chi connectivity index (χ0v) is 14.2. The van der Waals surface area contributed by atoms with E-state index in [1.54, 1.807) is 5.38 Å². The minimum atomic E-state index is -4.57. The SMILES string of the molecule is O=C(NC[C@@H](O)c1csc2ccccc12)Nc1ccccc1C(F)(F)F. The first-order valence-electron chi connectivity index (χ1n) is 7.71. The highest BCUT2D eigenvalue weighted by molar-refractivity contribution is 7.17. The third kappa shape index (κ3) is 3.97. The molecule has 2 amide bonds. The molecule has 2 aromatic carbocycles. The number of aliphatic hydroxyl groups is 1. The van der Waals surface area contributed by atoms with E-state index in [2.05, 4.69) is 10.6 Å². The average molecular weight is 380 g/mol. The molecule has 3 rings (SSSR count). The molecule has 8 heteroatoms. The van der Waals surface area contributed by atoms with E-state index >= 15 is 0 Å². The molecule has 26 heavy (non-hydrogen) atoms. The van der Waals surface area contributed by atoms with Crippen LogP contribution in [0.5, 0.6) is 0 Å². The lowest BCUT2D eigenvalue weighted by Gasteiger charge is -2.15. The van der Waals surface area contributed by atoms with Crippen LogP contribution in [-0.4, -0.2) is 17.7 Å². The van der Waals surface area contributed by atoms with E-state index in [4.69, 9.17) is 0 Å². The number of rotatable bonds is 4. The Morgan fingerprint density at radius 1 is 1.12 bits per heavy atom. The maximum Gasteiger partial charge on any atom is 0.418 e. The lowest BCUT2D eigenvalue weighted by atomic mass is 10.1. The third-order valence-electron chi connectivity index (χ3n) is 3.81. The normalized spacial score (nSPS) is 12.8. The second-order valence-electron chi connectivity index (χ2n) is 5.58. The lowest BCUT2D eigenvalue weighted by Crippen LogP contribution is -2.33. The van der Waals surface area contributed by atoms with Gasteiger partial charge in [-0.3, -0.25) is 0 Å². The number of benzene rings is 2. The van der Waals surface area contributed by atoms with Crippen LogP contribution in [0, 0.1) is 0 Å². The van der Waals surface area contributed by atoms with Crippen molar-refractivity contribution in [3.8, 4) is 0 Å². The Bertz CT molecular complexity index is 924. The molecule has 0 aliphatic heterocycles. The van der Waals surface area contributed by atoms with Crippen molar-refractivity contribution in [3.63, 3.8) is 0 Å². The van der Waals surface area contributed by atoms with Crippen molar-refractivity contribution in [3.05, 3.63) is 65.0 Å². The van der Waals surface area contributed by atoms with Gasteiger partial charge >= 0.3 is 12.2 Å². The van der Waals surface area contributed by atoms with Crippen LogP contribution in [0.15, 0.2) is 53.9 Å². The van der Waals surface area contributed by atoms with Crippen LogP contribution >= 0.6 is 11.3 Å². The summed E-state index contributed by atoms with van der Waals surface area (Å²) in [5, 5.41) is 17.5. The molecule has 3 N–H and O–H groups in total. The molecule has 0 unspecified atom stereocenters. The zero-order valence-electron chi connectivity index (χ0n) is 13.4. The molecular weight excluding hydrogens is 365 g/mol. The number of urea groups is 1. The number of alkyl halides is 3. The van der Waals surface area contributed by atoms with Gasteiger partial charge in [-0.05, 0) is 29.0 Å². The summed E-state index contributed by atoms with van der Waals surface area (Å²) in [5.74, 6) is 0. The molecule has 3 aromatic rings. The topological polar surface area (TPSA) is 61.4 Å². The summed E-state index contributed by atoms with van der Waals surface area (Å²) in [4.78, 5) is 11.9. The first kappa shape index (κ1) is 18.2. The van der Waals surface area contributed by atoms with E-state index in [0.717, 1.165) is 16.2 Å².